The number of benzene rings is 1. The van der Waals surface area contributed by atoms with Gasteiger partial charge in [-0.25, -0.2) is 0 Å². The largest absolute Gasteiger partial charge is 0.494 e. The fraction of sp³-hybridized carbons (Fsp3) is 0.611. The van der Waals surface area contributed by atoms with Gasteiger partial charge in [-0.15, -0.1) is 0 Å². The van der Waals surface area contributed by atoms with Crippen LogP contribution in [0.25, 0.3) is 0 Å². The molecule has 21 heavy (non-hydrogen) atoms. The van der Waals surface area contributed by atoms with Crippen molar-refractivity contribution in [2.75, 3.05) is 19.7 Å². The Labute approximate surface area is 128 Å². The summed E-state index contributed by atoms with van der Waals surface area (Å²) < 4.78 is 5.75. The highest BCUT2D eigenvalue weighted by Gasteiger charge is 2.23. The average molecular weight is 286 g/mol. The second-order valence-corrected chi connectivity index (χ2v) is 6.03. The number of piperidine rings is 1. The molecule has 3 heteroatoms. The van der Waals surface area contributed by atoms with Crippen molar-refractivity contribution in [3.8, 4) is 11.8 Å². The third kappa shape index (κ3) is 4.75. The summed E-state index contributed by atoms with van der Waals surface area (Å²) in [6.07, 6.45) is 5.07. The Morgan fingerprint density at radius 1 is 1.29 bits per heavy atom. The van der Waals surface area contributed by atoms with E-state index in [1.54, 1.807) is 12.1 Å². The van der Waals surface area contributed by atoms with E-state index in [2.05, 4.69) is 24.8 Å². The number of likely N-dealkylation sites (tertiary alicyclic amines) is 1. The molecule has 2 atom stereocenters. The van der Waals surface area contributed by atoms with Gasteiger partial charge in [-0.3, -0.25) is 0 Å². The topological polar surface area (TPSA) is 36.3 Å². The van der Waals surface area contributed by atoms with Crippen LogP contribution in [0.3, 0.4) is 0 Å². The van der Waals surface area contributed by atoms with Crippen molar-refractivity contribution in [1.82, 2.24) is 4.90 Å². The summed E-state index contributed by atoms with van der Waals surface area (Å²) in [5.41, 5.74) is 0.676. The molecule has 0 unspecified atom stereocenters. The van der Waals surface area contributed by atoms with Crippen LogP contribution in [-0.4, -0.2) is 30.6 Å². The molecule has 0 N–H and O–H groups in total. The van der Waals surface area contributed by atoms with Crippen molar-refractivity contribution in [1.29, 1.82) is 5.26 Å². The van der Waals surface area contributed by atoms with Crippen LogP contribution in [0.5, 0.6) is 5.75 Å². The zero-order valence-corrected chi connectivity index (χ0v) is 13.2. The fourth-order valence-electron chi connectivity index (χ4n) is 2.99. The molecule has 0 aliphatic carbocycles. The highest BCUT2D eigenvalue weighted by atomic mass is 16.5. The molecular formula is C18H26N2O. The molecule has 0 radical (unpaired) electrons. The van der Waals surface area contributed by atoms with Gasteiger partial charge in [-0.2, -0.15) is 5.26 Å². The van der Waals surface area contributed by atoms with Crippen LogP contribution in [0.2, 0.25) is 0 Å². The predicted octanol–water partition coefficient (Wildman–Crippen LogP) is 3.84. The van der Waals surface area contributed by atoms with Crippen molar-refractivity contribution >= 4 is 0 Å². The van der Waals surface area contributed by atoms with Gasteiger partial charge in [0, 0.05) is 19.1 Å². The Hall–Kier alpha value is -1.53. The van der Waals surface area contributed by atoms with Crippen LogP contribution in [0, 0.1) is 17.2 Å². The lowest BCUT2D eigenvalue weighted by molar-refractivity contribution is 0.108. The van der Waals surface area contributed by atoms with E-state index in [0.29, 0.717) is 11.6 Å². The number of ether oxygens (including phenoxy) is 1. The van der Waals surface area contributed by atoms with Gasteiger partial charge >= 0.3 is 0 Å². The number of nitrogens with zero attached hydrogens (tertiary/aromatic N) is 2. The molecule has 0 aromatic heterocycles. The van der Waals surface area contributed by atoms with Crippen LogP contribution in [0.1, 0.15) is 45.1 Å². The average Bonchev–Trinajstić information content (AvgIpc) is 2.53. The molecule has 1 fully saturated rings. The van der Waals surface area contributed by atoms with Gasteiger partial charge in [-0.1, -0.05) is 13.3 Å². The lowest BCUT2D eigenvalue weighted by Crippen LogP contribution is -2.42. The smallest absolute Gasteiger partial charge is 0.119 e. The van der Waals surface area contributed by atoms with E-state index in [4.69, 9.17) is 10.00 Å². The number of nitriles is 1. The van der Waals surface area contributed by atoms with E-state index in [9.17, 15) is 0 Å². The van der Waals surface area contributed by atoms with Gasteiger partial charge in [0.1, 0.15) is 5.75 Å². The molecule has 1 aliphatic heterocycles. The normalized spacial score (nSPS) is 22.7. The third-order valence-electron chi connectivity index (χ3n) is 4.53. The summed E-state index contributed by atoms with van der Waals surface area (Å²) in [5, 5.41) is 8.76. The lowest BCUT2D eigenvalue weighted by Gasteiger charge is -2.37. The highest BCUT2D eigenvalue weighted by Crippen LogP contribution is 2.24. The maximum atomic E-state index is 8.76. The molecular weight excluding hydrogens is 260 g/mol. The lowest BCUT2D eigenvalue weighted by atomic mass is 9.91. The first kappa shape index (κ1) is 15.9. The van der Waals surface area contributed by atoms with E-state index < -0.39 is 0 Å². The van der Waals surface area contributed by atoms with Crippen molar-refractivity contribution in [2.24, 2.45) is 5.92 Å². The highest BCUT2D eigenvalue weighted by molar-refractivity contribution is 5.34. The molecule has 0 bridgehead atoms. The van der Waals surface area contributed by atoms with Crippen molar-refractivity contribution < 1.29 is 4.74 Å². The van der Waals surface area contributed by atoms with Crippen molar-refractivity contribution in [3.63, 3.8) is 0 Å². The molecule has 0 spiro atoms. The van der Waals surface area contributed by atoms with E-state index in [1.165, 1.54) is 25.8 Å². The van der Waals surface area contributed by atoms with Gasteiger partial charge in [0.15, 0.2) is 0 Å². The summed E-state index contributed by atoms with van der Waals surface area (Å²) in [5.74, 6) is 1.73. The maximum Gasteiger partial charge on any atom is 0.119 e. The van der Waals surface area contributed by atoms with Crippen LogP contribution in [0.4, 0.5) is 0 Å². The van der Waals surface area contributed by atoms with Crippen molar-refractivity contribution in [3.05, 3.63) is 29.8 Å². The summed E-state index contributed by atoms with van der Waals surface area (Å²) >= 11 is 0. The number of rotatable bonds is 6. The Morgan fingerprint density at radius 2 is 2.05 bits per heavy atom. The molecule has 1 aliphatic rings. The van der Waals surface area contributed by atoms with Gasteiger partial charge < -0.3 is 9.64 Å². The van der Waals surface area contributed by atoms with E-state index >= 15 is 0 Å². The molecule has 1 saturated heterocycles. The molecule has 0 amide bonds. The quantitative estimate of drug-likeness (QED) is 0.746. The first-order valence-corrected chi connectivity index (χ1v) is 8.10. The van der Waals surface area contributed by atoms with E-state index in [1.807, 2.05) is 12.1 Å². The Kier molecular flexibility index (Phi) is 6.07. The molecule has 0 saturated carbocycles. The second-order valence-electron chi connectivity index (χ2n) is 6.03. The molecule has 114 valence electrons. The van der Waals surface area contributed by atoms with E-state index in [0.717, 1.165) is 31.2 Å². The number of hydrogen-bond acceptors (Lipinski definition) is 3. The van der Waals surface area contributed by atoms with Gasteiger partial charge in [0.2, 0.25) is 0 Å². The van der Waals surface area contributed by atoms with Crippen LogP contribution in [0.15, 0.2) is 24.3 Å². The summed E-state index contributed by atoms with van der Waals surface area (Å²) in [4.78, 5) is 2.61. The Balaban J connectivity index is 1.70. The molecule has 1 heterocycles. The van der Waals surface area contributed by atoms with E-state index in [-0.39, 0.29) is 0 Å². The zero-order valence-electron chi connectivity index (χ0n) is 13.2. The molecule has 3 nitrogen and oxygen atoms in total. The monoisotopic (exact) mass is 286 g/mol. The maximum absolute atomic E-state index is 8.76. The third-order valence-corrected chi connectivity index (χ3v) is 4.53. The minimum absolute atomic E-state index is 0.676. The van der Waals surface area contributed by atoms with Crippen LogP contribution in [-0.2, 0) is 0 Å². The summed E-state index contributed by atoms with van der Waals surface area (Å²) in [6.45, 7) is 7.74. The Bertz CT molecular complexity index is 463. The molecule has 1 aromatic carbocycles. The summed E-state index contributed by atoms with van der Waals surface area (Å²) in [7, 11) is 0. The first-order chi connectivity index (χ1) is 10.2. The Morgan fingerprint density at radius 3 is 2.71 bits per heavy atom. The SMILES string of the molecule is CC[C@H]1CC[C@@H](C)N(CCCOc2ccc(C#N)cc2)C1. The second kappa shape index (κ2) is 8.05. The zero-order chi connectivity index (χ0) is 15.1. The first-order valence-electron chi connectivity index (χ1n) is 8.10. The van der Waals surface area contributed by atoms with Gasteiger partial charge in [-0.05, 0) is 56.4 Å². The van der Waals surface area contributed by atoms with Gasteiger partial charge in [0.25, 0.3) is 0 Å². The predicted molar refractivity (Wildman–Crippen MR) is 85.3 cm³/mol. The summed E-state index contributed by atoms with van der Waals surface area (Å²) in [6, 6.07) is 10.2. The van der Waals surface area contributed by atoms with Crippen molar-refractivity contribution in [2.45, 2.75) is 45.6 Å². The van der Waals surface area contributed by atoms with Gasteiger partial charge in [0.05, 0.1) is 18.2 Å². The van der Waals surface area contributed by atoms with Crippen LogP contribution >= 0.6 is 0 Å². The minimum atomic E-state index is 0.676. The molecule has 2 rings (SSSR count). The minimum Gasteiger partial charge on any atom is -0.494 e. The number of hydrogen-bond donors (Lipinski definition) is 0. The molecule has 1 aromatic rings. The fourth-order valence-corrected chi connectivity index (χ4v) is 2.99. The van der Waals surface area contributed by atoms with Crippen LogP contribution < -0.4 is 4.74 Å². The standard InChI is InChI=1S/C18H26N2O/c1-3-16-6-5-15(2)20(14-16)11-4-12-21-18-9-7-17(13-19)8-10-18/h7-10,15-16H,3-6,11-12,14H2,1-2H3/t15-,16+/m1/s1.